The summed E-state index contributed by atoms with van der Waals surface area (Å²) in [4.78, 5) is 23.2. The number of hydrogen-bond acceptors (Lipinski definition) is 8. The molecule has 0 amide bonds. The molecule has 4 unspecified atom stereocenters. The molecule has 292 valence electrons. The highest BCUT2D eigenvalue weighted by Crippen LogP contribution is 2.44. The maximum Gasteiger partial charge on any atom is 0.303 e. The van der Waals surface area contributed by atoms with Crippen molar-refractivity contribution in [1.29, 1.82) is 0 Å². The van der Waals surface area contributed by atoms with Crippen LogP contribution in [0.5, 0.6) is 0 Å². The summed E-state index contributed by atoms with van der Waals surface area (Å²) < 4.78 is 37.0. The van der Waals surface area contributed by atoms with Gasteiger partial charge in [0.05, 0.1) is 45.5 Å². The maximum atomic E-state index is 11.6. The highest BCUT2D eigenvalue weighted by molar-refractivity contribution is 14.1. The van der Waals surface area contributed by atoms with Gasteiger partial charge in [0, 0.05) is 26.7 Å². The summed E-state index contributed by atoms with van der Waals surface area (Å²) in [5.74, 6) is -0.526. The van der Waals surface area contributed by atoms with Crippen LogP contribution in [0.25, 0.3) is 0 Å². The summed E-state index contributed by atoms with van der Waals surface area (Å²) in [6.45, 7) is 26.4. The molecule has 2 saturated carbocycles. The molecule has 12 heteroatoms. The number of alkyl halides is 2. The molecular formula is C40H62I2O8Si2. The minimum Gasteiger partial charge on any atom is -0.459 e. The van der Waals surface area contributed by atoms with Gasteiger partial charge in [-0.05, 0) is 47.4 Å². The minimum atomic E-state index is -1.96. The van der Waals surface area contributed by atoms with Crippen molar-refractivity contribution in [3.05, 3.63) is 71.8 Å². The SMILES string of the molecule is CC(=O)OC1C(I)[C@@H](O[Si](C)(C)C(C)(C)C)C[C@H]1OCc1ccccc1.CC(=O)OC1C(I)[C@H](OCc2ccccc2)C[C@@H]1O[Si](C)(C)C(C)(C)C. The largest absolute Gasteiger partial charge is 0.459 e. The molecule has 0 radical (unpaired) electrons. The molecule has 2 aromatic carbocycles. The number of rotatable bonds is 12. The van der Waals surface area contributed by atoms with E-state index >= 15 is 0 Å². The second-order valence-corrected chi connectivity index (χ2v) is 29.4. The predicted molar refractivity (Wildman–Crippen MR) is 230 cm³/mol. The molecular weight excluding hydrogens is 918 g/mol. The Morgan fingerprint density at radius 2 is 0.942 bits per heavy atom. The van der Waals surface area contributed by atoms with Crippen LogP contribution in [-0.4, -0.2) is 73.0 Å². The van der Waals surface area contributed by atoms with E-state index in [9.17, 15) is 9.59 Å². The molecule has 2 aliphatic carbocycles. The third-order valence-electron chi connectivity index (χ3n) is 10.7. The monoisotopic (exact) mass is 980 g/mol. The Kier molecular flexibility index (Phi) is 16.9. The van der Waals surface area contributed by atoms with Crippen molar-refractivity contribution in [3.63, 3.8) is 0 Å². The maximum absolute atomic E-state index is 11.6. The van der Waals surface area contributed by atoms with E-state index in [0.29, 0.717) is 13.2 Å². The molecule has 0 N–H and O–H groups in total. The fourth-order valence-electron chi connectivity index (χ4n) is 5.70. The van der Waals surface area contributed by atoms with Crippen LogP contribution in [0.15, 0.2) is 60.7 Å². The summed E-state index contributed by atoms with van der Waals surface area (Å²) in [5, 5.41) is 0.251. The van der Waals surface area contributed by atoms with Crippen molar-refractivity contribution in [2.45, 2.75) is 162 Å². The molecule has 52 heavy (non-hydrogen) atoms. The normalized spacial score (nSPS) is 26.7. The van der Waals surface area contributed by atoms with Crippen LogP contribution in [0.2, 0.25) is 36.3 Å². The smallest absolute Gasteiger partial charge is 0.303 e. The molecule has 0 bridgehead atoms. The number of carbonyl (C=O) groups is 2. The molecule has 8 atom stereocenters. The third kappa shape index (κ3) is 13.1. The number of ether oxygens (including phenoxy) is 4. The van der Waals surface area contributed by atoms with E-state index in [1.807, 2.05) is 48.5 Å². The van der Waals surface area contributed by atoms with E-state index in [0.717, 1.165) is 24.0 Å². The molecule has 4 rings (SSSR count). The Morgan fingerprint density at radius 3 is 1.35 bits per heavy atom. The Morgan fingerprint density at radius 1 is 0.596 bits per heavy atom. The molecule has 0 saturated heterocycles. The van der Waals surface area contributed by atoms with Crippen LogP contribution < -0.4 is 0 Å². The van der Waals surface area contributed by atoms with E-state index in [-0.39, 0.29) is 66.5 Å². The fourth-order valence-corrected chi connectivity index (χ4v) is 10.8. The van der Waals surface area contributed by atoms with Crippen molar-refractivity contribution in [1.82, 2.24) is 0 Å². The summed E-state index contributed by atoms with van der Waals surface area (Å²) in [6, 6.07) is 20.2. The van der Waals surface area contributed by atoms with Crippen LogP contribution in [-0.2, 0) is 50.6 Å². The number of hydrogen-bond donors (Lipinski definition) is 0. The minimum absolute atomic E-state index is 0.00919. The average Bonchev–Trinajstić information content (AvgIpc) is 3.48. The molecule has 0 aromatic heterocycles. The van der Waals surface area contributed by atoms with Crippen LogP contribution in [0.4, 0.5) is 0 Å². The standard InChI is InChI=1S/2C20H31IO4Si/c1-14(22)24-19-17(23-13-15-10-8-7-9-11-15)12-16(18(19)21)25-26(5,6)20(2,3)4;1-14(22)24-19-17(25-26(5,6)20(2,3)4)12-16(18(19)21)23-13-15-10-8-7-9-11-15/h2*7-11,16-19H,12-13H2,1-6H3/t2*16-,17+,18?,19?/m01/s1. The summed E-state index contributed by atoms with van der Waals surface area (Å²) in [5.41, 5.74) is 2.27. The van der Waals surface area contributed by atoms with E-state index in [1.54, 1.807) is 0 Å². The number of carbonyl (C=O) groups excluding carboxylic acids is 2. The van der Waals surface area contributed by atoms with Gasteiger partial charge in [-0.25, -0.2) is 0 Å². The zero-order valence-electron chi connectivity index (χ0n) is 33.2. The highest BCUT2D eigenvalue weighted by atomic mass is 127. The molecule has 2 fully saturated rings. The van der Waals surface area contributed by atoms with E-state index in [4.69, 9.17) is 27.8 Å². The summed E-state index contributed by atoms with van der Waals surface area (Å²) in [7, 11) is -3.86. The average molecular weight is 981 g/mol. The summed E-state index contributed by atoms with van der Waals surface area (Å²) in [6.07, 6.45) is 0.778. The molecule has 2 aliphatic rings. The van der Waals surface area contributed by atoms with Crippen molar-refractivity contribution < 1.29 is 37.4 Å². The highest BCUT2D eigenvalue weighted by Gasteiger charge is 2.51. The van der Waals surface area contributed by atoms with Gasteiger partial charge >= 0.3 is 11.9 Å². The van der Waals surface area contributed by atoms with Crippen LogP contribution in [0, 0.1) is 0 Å². The second kappa shape index (κ2) is 19.3. The Hall–Kier alpha value is -0.886. The lowest BCUT2D eigenvalue weighted by Gasteiger charge is -2.39. The molecule has 0 aliphatic heterocycles. The van der Waals surface area contributed by atoms with Gasteiger partial charge in [-0.1, -0.05) is 147 Å². The second-order valence-electron chi connectivity index (χ2n) is 17.0. The zero-order valence-corrected chi connectivity index (χ0v) is 39.6. The van der Waals surface area contributed by atoms with E-state index < -0.39 is 16.6 Å². The first-order valence-electron chi connectivity index (χ1n) is 18.3. The number of benzene rings is 2. The van der Waals surface area contributed by atoms with Crippen LogP contribution in [0.1, 0.15) is 79.4 Å². The molecule has 0 heterocycles. The van der Waals surface area contributed by atoms with E-state index in [2.05, 4.69) is 125 Å². The third-order valence-corrected chi connectivity index (χ3v) is 22.8. The molecule has 0 spiro atoms. The van der Waals surface area contributed by atoms with Gasteiger partial charge in [0.2, 0.25) is 0 Å². The van der Waals surface area contributed by atoms with Crippen molar-refractivity contribution in [3.8, 4) is 0 Å². The Bertz CT molecular complexity index is 1410. The topological polar surface area (TPSA) is 89.5 Å². The van der Waals surface area contributed by atoms with Crippen LogP contribution >= 0.6 is 45.2 Å². The van der Waals surface area contributed by atoms with Gasteiger partial charge in [-0.3, -0.25) is 9.59 Å². The van der Waals surface area contributed by atoms with Crippen LogP contribution in [0.3, 0.4) is 0 Å². The quantitative estimate of drug-likeness (QED) is 0.0900. The summed E-state index contributed by atoms with van der Waals surface area (Å²) >= 11 is 4.72. The number of halogens is 2. The Balaban J connectivity index is 0.000000280. The van der Waals surface area contributed by atoms with Gasteiger partial charge in [0.1, 0.15) is 12.2 Å². The van der Waals surface area contributed by atoms with Gasteiger partial charge in [0.25, 0.3) is 0 Å². The first-order chi connectivity index (χ1) is 24.0. The van der Waals surface area contributed by atoms with Gasteiger partial charge in [0.15, 0.2) is 16.6 Å². The lowest BCUT2D eigenvalue weighted by atomic mass is 10.2. The van der Waals surface area contributed by atoms with E-state index in [1.165, 1.54) is 13.8 Å². The van der Waals surface area contributed by atoms with Crippen molar-refractivity contribution >= 4 is 73.8 Å². The lowest BCUT2D eigenvalue weighted by molar-refractivity contribution is -0.152. The van der Waals surface area contributed by atoms with Crippen molar-refractivity contribution in [2.75, 3.05) is 0 Å². The van der Waals surface area contributed by atoms with Crippen molar-refractivity contribution in [2.24, 2.45) is 0 Å². The van der Waals surface area contributed by atoms with Gasteiger partial charge in [-0.2, -0.15) is 0 Å². The van der Waals surface area contributed by atoms with Gasteiger partial charge < -0.3 is 27.8 Å². The predicted octanol–water partition coefficient (Wildman–Crippen LogP) is 10.2. The first kappa shape index (κ1) is 45.5. The molecule has 2 aromatic rings. The first-order valence-corrected chi connectivity index (χ1v) is 26.6. The zero-order chi connectivity index (χ0) is 39.1. The fraction of sp³-hybridized carbons (Fsp3) is 0.650. The lowest BCUT2D eigenvalue weighted by Crippen LogP contribution is -2.47. The Labute approximate surface area is 342 Å². The van der Waals surface area contributed by atoms with Gasteiger partial charge in [-0.15, -0.1) is 0 Å². The molecule has 8 nitrogen and oxygen atoms in total. The number of esters is 2.